The van der Waals surface area contributed by atoms with E-state index < -0.39 is 0 Å². The maximum absolute atomic E-state index is 11.6. The molecular weight excluding hydrogens is 196 g/mol. The number of hydrazine groups is 1. The molecule has 1 amide bonds. The van der Waals surface area contributed by atoms with Crippen molar-refractivity contribution in [1.29, 1.82) is 0 Å². The van der Waals surface area contributed by atoms with Crippen LogP contribution in [0.4, 0.5) is 0 Å². The van der Waals surface area contributed by atoms with Crippen molar-refractivity contribution in [1.82, 2.24) is 30.4 Å². The number of nitrogens with one attached hydrogen (secondary N) is 2. The van der Waals surface area contributed by atoms with Gasteiger partial charge >= 0.3 is 0 Å². The summed E-state index contributed by atoms with van der Waals surface area (Å²) in [6.07, 6.45) is 6.22. The Kier molecular flexibility index (Phi) is 1.46. The Morgan fingerprint density at radius 2 is 2.27 bits per heavy atom. The second kappa shape index (κ2) is 2.77. The summed E-state index contributed by atoms with van der Waals surface area (Å²) in [5, 5.41) is 3.99. The monoisotopic (exact) mass is 202 g/mol. The molecule has 15 heavy (non-hydrogen) atoms. The van der Waals surface area contributed by atoms with E-state index in [4.69, 9.17) is 0 Å². The molecule has 0 saturated carbocycles. The van der Waals surface area contributed by atoms with Crippen molar-refractivity contribution in [2.24, 2.45) is 0 Å². The van der Waals surface area contributed by atoms with Gasteiger partial charge in [-0.05, 0) is 6.08 Å². The highest BCUT2D eigenvalue weighted by atomic mass is 16.2. The number of carbonyl (C=O) groups is 1. The highest BCUT2D eigenvalue weighted by molar-refractivity contribution is 5.97. The standard InChI is InChI=1S/C8H6N6O/c15-7-5-3-9-8-10-4-12-14(8)6(5)1-2-11-13-7/h1-4,11H,(H,13,15). The van der Waals surface area contributed by atoms with Gasteiger partial charge in [0.05, 0.1) is 11.3 Å². The summed E-state index contributed by atoms with van der Waals surface area (Å²) in [5.41, 5.74) is 6.22. The van der Waals surface area contributed by atoms with Crippen molar-refractivity contribution in [3.05, 3.63) is 30.0 Å². The lowest BCUT2D eigenvalue weighted by Gasteiger charge is -2.03. The summed E-state index contributed by atoms with van der Waals surface area (Å²) in [7, 11) is 0. The van der Waals surface area contributed by atoms with E-state index in [1.165, 1.54) is 17.0 Å². The topological polar surface area (TPSA) is 84.2 Å². The molecule has 0 bridgehead atoms. The van der Waals surface area contributed by atoms with Crippen LogP contribution in [-0.2, 0) is 0 Å². The Morgan fingerprint density at radius 3 is 3.20 bits per heavy atom. The van der Waals surface area contributed by atoms with Crippen LogP contribution < -0.4 is 10.9 Å². The minimum absolute atomic E-state index is 0.250. The summed E-state index contributed by atoms with van der Waals surface area (Å²) in [4.78, 5) is 19.5. The molecule has 0 atom stereocenters. The smallest absolute Gasteiger partial charge is 0.273 e. The van der Waals surface area contributed by atoms with Crippen LogP contribution in [0.2, 0.25) is 0 Å². The Hall–Kier alpha value is -2.44. The van der Waals surface area contributed by atoms with E-state index in [1.54, 1.807) is 12.3 Å². The van der Waals surface area contributed by atoms with Crippen molar-refractivity contribution in [2.45, 2.75) is 0 Å². The van der Waals surface area contributed by atoms with Crippen LogP contribution >= 0.6 is 0 Å². The van der Waals surface area contributed by atoms with Crippen LogP contribution in [0, 0.1) is 0 Å². The van der Waals surface area contributed by atoms with E-state index >= 15 is 0 Å². The van der Waals surface area contributed by atoms with Gasteiger partial charge < -0.3 is 5.43 Å². The summed E-state index contributed by atoms with van der Waals surface area (Å²) >= 11 is 0. The Balaban J connectivity index is 2.39. The van der Waals surface area contributed by atoms with Crippen LogP contribution in [0.5, 0.6) is 0 Å². The quantitative estimate of drug-likeness (QED) is 0.592. The average molecular weight is 202 g/mol. The van der Waals surface area contributed by atoms with Crippen molar-refractivity contribution in [2.75, 3.05) is 0 Å². The van der Waals surface area contributed by atoms with E-state index in [0.717, 1.165) is 0 Å². The maximum Gasteiger partial charge on any atom is 0.273 e. The number of aromatic nitrogens is 4. The second-order valence-electron chi connectivity index (χ2n) is 2.96. The molecule has 2 N–H and O–H groups in total. The number of amides is 1. The van der Waals surface area contributed by atoms with Gasteiger partial charge in [-0.25, -0.2) is 4.98 Å². The molecular formula is C8H6N6O. The van der Waals surface area contributed by atoms with Crippen molar-refractivity contribution in [3.8, 4) is 0 Å². The zero-order valence-electron chi connectivity index (χ0n) is 7.51. The van der Waals surface area contributed by atoms with Crippen molar-refractivity contribution in [3.63, 3.8) is 0 Å². The number of nitrogens with zero attached hydrogens (tertiary/aromatic N) is 4. The Morgan fingerprint density at radius 1 is 1.33 bits per heavy atom. The van der Waals surface area contributed by atoms with Gasteiger partial charge in [0.25, 0.3) is 11.7 Å². The minimum atomic E-state index is -0.250. The molecule has 3 heterocycles. The molecule has 0 fully saturated rings. The lowest BCUT2D eigenvalue weighted by atomic mass is 10.2. The molecule has 0 saturated heterocycles. The SMILES string of the molecule is O=C1NNC=Cc2c1cnc1ncnn21. The predicted molar refractivity (Wildman–Crippen MR) is 50.4 cm³/mol. The van der Waals surface area contributed by atoms with Gasteiger partial charge in [-0.15, -0.1) is 0 Å². The molecule has 3 rings (SSSR count). The fraction of sp³-hybridized carbons (Fsp3) is 0. The van der Waals surface area contributed by atoms with E-state index in [2.05, 4.69) is 25.9 Å². The molecule has 0 spiro atoms. The van der Waals surface area contributed by atoms with Gasteiger partial charge in [-0.2, -0.15) is 14.6 Å². The molecule has 2 aromatic heterocycles. The maximum atomic E-state index is 11.6. The van der Waals surface area contributed by atoms with E-state index in [1.807, 2.05) is 0 Å². The molecule has 0 aliphatic carbocycles. The lowest BCUT2D eigenvalue weighted by Crippen LogP contribution is -2.32. The van der Waals surface area contributed by atoms with E-state index in [9.17, 15) is 4.79 Å². The van der Waals surface area contributed by atoms with Gasteiger partial charge in [0.2, 0.25) is 0 Å². The summed E-state index contributed by atoms with van der Waals surface area (Å²) < 4.78 is 1.51. The number of rotatable bonds is 0. The largest absolute Gasteiger partial charge is 0.306 e. The van der Waals surface area contributed by atoms with Crippen LogP contribution in [0.15, 0.2) is 18.7 Å². The first-order valence-electron chi connectivity index (χ1n) is 4.27. The molecule has 7 nitrogen and oxygen atoms in total. The van der Waals surface area contributed by atoms with Gasteiger partial charge in [0.1, 0.15) is 6.33 Å². The Bertz CT molecular complexity index is 572. The number of carbonyl (C=O) groups excluding carboxylic acids is 1. The van der Waals surface area contributed by atoms with Gasteiger partial charge in [-0.1, -0.05) is 0 Å². The first-order valence-corrected chi connectivity index (χ1v) is 4.27. The molecule has 7 heteroatoms. The highest BCUT2D eigenvalue weighted by Gasteiger charge is 2.16. The predicted octanol–water partition coefficient (Wildman–Crippen LogP) is -0.657. The molecule has 0 aromatic carbocycles. The van der Waals surface area contributed by atoms with Gasteiger partial charge in [-0.3, -0.25) is 10.2 Å². The number of hydrogen-bond acceptors (Lipinski definition) is 5. The first kappa shape index (κ1) is 7.92. The summed E-state index contributed by atoms with van der Waals surface area (Å²) in [6.45, 7) is 0. The lowest BCUT2D eigenvalue weighted by molar-refractivity contribution is 0.0941. The normalized spacial score (nSPS) is 14.3. The Labute approximate surface area is 83.8 Å². The zero-order chi connectivity index (χ0) is 10.3. The molecule has 1 aliphatic heterocycles. The number of hydrogen-bond donors (Lipinski definition) is 2. The van der Waals surface area contributed by atoms with Crippen LogP contribution in [-0.4, -0.2) is 25.5 Å². The second-order valence-corrected chi connectivity index (χ2v) is 2.96. The van der Waals surface area contributed by atoms with E-state index in [-0.39, 0.29) is 5.91 Å². The van der Waals surface area contributed by atoms with E-state index in [0.29, 0.717) is 17.0 Å². The average Bonchev–Trinajstić information content (AvgIpc) is 2.64. The first-order chi connectivity index (χ1) is 7.36. The molecule has 74 valence electrons. The van der Waals surface area contributed by atoms with Crippen molar-refractivity contribution < 1.29 is 4.79 Å². The van der Waals surface area contributed by atoms with Crippen LogP contribution in [0.25, 0.3) is 11.9 Å². The summed E-state index contributed by atoms with van der Waals surface area (Å²) in [5.74, 6) is 0.216. The van der Waals surface area contributed by atoms with Crippen molar-refractivity contribution >= 4 is 17.8 Å². The van der Waals surface area contributed by atoms with Gasteiger partial charge in [0.15, 0.2) is 0 Å². The third kappa shape index (κ3) is 1.06. The fourth-order valence-corrected chi connectivity index (χ4v) is 1.43. The third-order valence-electron chi connectivity index (χ3n) is 2.10. The fourth-order valence-electron chi connectivity index (χ4n) is 1.43. The number of fused-ring (bicyclic) bond motifs is 3. The van der Waals surface area contributed by atoms with Crippen LogP contribution in [0.3, 0.4) is 0 Å². The summed E-state index contributed by atoms with van der Waals surface area (Å²) in [6, 6.07) is 0. The third-order valence-corrected chi connectivity index (χ3v) is 2.10. The molecule has 0 unspecified atom stereocenters. The van der Waals surface area contributed by atoms with Gasteiger partial charge in [0, 0.05) is 12.4 Å². The van der Waals surface area contributed by atoms with Crippen LogP contribution in [0.1, 0.15) is 16.1 Å². The highest BCUT2D eigenvalue weighted by Crippen LogP contribution is 2.11. The molecule has 2 aromatic rings. The minimum Gasteiger partial charge on any atom is -0.306 e. The molecule has 1 aliphatic rings. The zero-order valence-corrected chi connectivity index (χ0v) is 7.51. The molecule has 0 radical (unpaired) electrons.